The summed E-state index contributed by atoms with van der Waals surface area (Å²) in [4.78, 5) is 15.2. The summed E-state index contributed by atoms with van der Waals surface area (Å²) in [5, 5.41) is 4.11. The Morgan fingerprint density at radius 3 is 2.89 bits per heavy atom. The number of carbonyl (C=O) groups excluding carboxylic acids is 1. The molecule has 18 heavy (non-hydrogen) atoms. The molecule has 0 aliphatic carbocycles. The summed E-state index contributed by atoms with van der Waals surface area (Å²) < 4.78 is 0. The molecule has 1 aromatic heterocycles. The molecular formula is C15H20N2O. The number of rotatable bonds is 5. The number of carbonyl (C=O) groups is 1. The van der Waals surface area contributed by atoms with Crippen LogP contribution in [0.15, 0.2) is 24.3 Å². The van der Waals surface area contributed by atoms with E-state index in [1.54, 1.807) is 0 Å². The molecule has 2 N–H and O–H groups in total. The average Bonchev–Trinajstić information content (AvgIpc) is 2.67. The van der Waals surface area contributed by atoms with Crippen LogP contribution in [0, 0.1) is 6.92 Å². The van der Waals surface area contributed by atoms with E-state index < -0.39 is 0 Å². The maximum atomic E-state index is 11.9. The van der Waals surface area contributed by atoms with Gasteiger partial charge in [0.1, 0.15) is 0 Å². The van der Waals surface area contributed by atoms with Crippen molar-refractivity contribution in [3.8, 4) is 0 Å². The van der Waals surface area contributed by atoms with Gasteiger partial charge in [-0.25, -0.2) is 0 Å². The summed E-state index contributed by atoms with van der Waals surface area (Å²) in [5.41, 5.74) is 3.30. The predicted octanol–water partition coefficient (Wildman–Crippen LogP) is 2.94. The van der Waals surface area contributed by atoms with E-state index >= 15 is 0 Å². The number of amides is 1. The third-order valence-electron chi connectivity index (χ3n) is 3.22. The van der Waals surface area contributed by atoms with Crippen molar-refractivity contribution in [2.24, 2.45) is 0 Å². The second kappa shape index (κ2) is 5.71. The molecule has 96 valence electrons. The van der Waals surface area contributed by atoms with Crippen LogP contribution in [0.25, 0.3) is 10.9 Å². The molecule has 0 aliphatic heterocycles. The Bertz CT molecular complexity index is 542. The van der Waals surface area contributed by atoms with Crippen molar-refractivity contribution in [2.75, 3.05) is 6.54 Å². The fraction of sp³-hybridized carbons (Fsp3) is 0.400. The third kappa shape index (κ3) is 2.73. The predicted molar refractivity (Wildman–Crippen MR) is 74.7 cm³/mol. The first kappa shape index (κ1) is 12.7. The molecular weight excluding hydrogens is 224 g/mol. The van der Waals surface area contributed by atoms with E-state index in [9.17, 15) is 4.79 Å². The maximum absolute atomic E-state index is 11.9. The Morgan fingerprint density at radius 1 is 1.33 bits per heavy atom. The van der Waals surface area contributed by atoms with Gasteiger partial charge >= 0.3 is 0 Å². The van der Waals surface area contributed by atoms with Gasteiger partial charge in [-0.15, -0.1) is 0 Å². The van der Waals surface area contributed by atoms with Crippen molar-refractivity contribution in [3.05, 3.63) is 35.5 Å². The Hall–Kier alpha value is -1.77. The molecule has 0 atom stereocenters. The lowest BCUT2D eigenvalue weighted by Gasteiger charge is -2.04. The first-order valence-electron chi connectivity index (χ1n) is 6.55. The molecule has 0 radical (unpaired) electrons. The van der Waals surface area contributed by atoms with Gasteiger partial charge in [0, 0.05) is 23.1 Å². The molecule has 0 spiro atoms. The second-order valence-corrected chi connectivity index (χ2v) is 4.65. The monoisotopic (exact) mass is 244 g/mol. The van der Waals surface area contributed by atoms with Crippen LogP contribution in [-0.2, 0) is 11.2 Å². The highest BCUT2D eigenvalue weighted by molar-refractivity contribution is 5.90. The molecule has 3 nitrogen and oxygen atoms in total. The number of hydrogen-bond donors (Lipinski definition) is 2. The molecule has 1 aromatic carbocycles. The SMILES string of the molecule is CCCCNC(=O)Cc1c(C)[nH]c2ccccc12. The van der Waals surface area contributed by atoms with Crippen LogP contribution in [0.4, 0.5) is 0 Å². The highest BCUT2D eigenvalue weighted by Gasteiger charge is 2.11. The topological polar surface area (TPSA) is 44.9 Å². The number of fused-ring (bicyclic) bond motifs is 1. The Morgan fingerprint density at radius 2 is 2.11 bits per heavy atom. The summed E-state index contributed by atoms with van der Waals surface area (Å²) in [6.07, 6.45) is 2.60. The number of aromatic amines is 1. The van der Waals surface area contributed by atoms with Gasteiger partial charge < -0.3 is 10.3 Å². The zero-order chi connectivity index (χ0) is 13.0. The van der Waals surface area contributed by atoms with E-state index in [1.807, 2.05) is 25.1 Å². The van der Waals surface area contributed by atoms with Crippen molar-refractivity contribution >= 4 is 16.8 Å². The van der Waals surface area contributed by atoms with Gasteiger partial charge in [-0.3, -0.25) is 4.79 Å². The lowest BCUT2D eigenvalue weighted by Crippen LogP contribution is -2.26. The lowest BCUT2D eigenvalue weighted by molar-refractivity contribution is -0.120. The first-order chi connectivity index (χ1) is 8.72. The number of nitrogens with one attached hydrogen (secondary N) is 2. The van der Waals surface area contributed by atoms with Crippen LogP contribution in [0.1, 0.15) is 31.0 Å². The summed E-state index contributed by atoms with van der Waals surface area (Å²) in [7, 11) is 0. The minimum absolute atomic E-state index is 0.108. The van der Waals surface area contributed by atoms with Gasteiger partial charge in [0.25, 0.3) is 0 Å². The third-order valence-corrected chi connectivity index (χ3v) is 3.22. The summed E-state index contributed by atoms with van der Waals surface area (Å²) in [5.74, 6) is 0.108. The van der Waals surface area contributed by atoms with E-state index in [-0.39, 0.29) is 5.91 Å². The quantitative estimate of drug-likeness (QED) is 0.780. The molecule has 0 fully saturated rings. The molecule has 2 aromatic rings. The number of unbranched alkanes of at least 4 members (excludes halogenated alkanes) is 1. The first-order valence-corrected chi connectivity index (χ1v) is 6.55. The average molecular weight is 244 g/mol. The van der Waals surface area contributed by atoms with Crippen molar-refractivity contribution < 1.29 is 4.79 Å². The fourth-order valence-corrected chi connectivity index (χ4v) is 2.19. The summed E-state index contributed by atoms with van der Waals surface area (Å²) in [6.45, 7) is 4.92. The molecule has 0 aliphatic rings. The van der Waals surface area contributed by atoms with Crippen LogP contribution in [-0.4, -0.2) is 17.4 Å². The Labute approximate surface area is 108 Å². The smallest absolute Gasteiger partial charge is 0.224 e. The molecule has 1 amide bonds. The van der Waals surface area contributed by atoms with E-state index in [0.29, 0.717) is 6.42 Å². The molecule has 1 heterocycles. The van der Waals surface area contributed by atoms with Gasteiger partial charge in [0.05, 0.1) is 6.42 Å². The largest absolute Gasteiger partial charge is 0.358 e. The Kier molecular flexibility index (Phi) is 4.03. The minimum Gasteiger partial charge on any atom is -0.358 e. The molecule has 0 bridgehead atoms. The summed E-state index contributed by atoms with van der Waals surface area (Å²) in [6, 6.07) is 8.12. The standard InChI is InChI=1S/C15H20N2O/c1-3-4-9-16-15(18)10-13-11(2)17-14-8-6-5-7-12(13)14/h5-8,17H,3-4,9-10H2,1-2H3,(H,16,18). The number of aromatic nitrogens is 1. The fourth-order valence-electron chi connectivity index (χ4n) is 2.19. The van der Waals surface area contributed by atoms with E-state index in [4.69, 9.17) is 0 Å². The maximum Gasteiger partial charge on any atom is 0.224 e. The molecule has 0 saturated carbocycles. The minimum atomic E-state index is 0.108. The van der Waals surface area contributed by atoms with Gasteiger partial charge in [-0.2, -0.15) is 0 Å². The normalized spacial score (nSPS) is 10.8. The number of benzene rings is 1. The van der Waals surface area contributed by atoms with Crippen LogP contribution in [0.3, 0.4) is 0 Å². The summed E-state index contributed by atoms with van der Waals surface area (Å²) >= 11 is 0. The van der Waals surface area contributed by atoms with Gasteiger partial charge in [0.15, 0.2) is 0 Å². The number of hydrogen-bond acceptors (Lipinski definition) is 1. The molecule has 3 heteroatoms. The number of aryl methyl sites for hydroxylation is 1. The highest BCUT2D eigenvalue weighted by atomic mass is 16.1. The van der Waals surface area contributed by atoms with Gasteiger partial charge in [-0.05, 0) is 25.0 Å². The van der Waals surface area contributed by atoms with Crippen molar-refractivity contribution in [1.82, 2.24) is 10.3 Å². The molecule has 0 saturated heterocycles. The highest BCUT2D eigenvalue weighted by Crippen LogP contribution is 2.22. The van der Waals surface area contributed by atoms with Crippen LogP contribution < -0.4 is 5.32 Å². The number of para-hydroxylation sites is 1. The van der Waals surface area contributed by atoms with Crippen LogP contribution in [0.2, 0.25) is 0 Å². The molecule has 2 rings (SSSR count). The number of H-pyrrole nitrogens is 1. The van der Waals surface area contributed by atoms with Gasteiger partial charge in [-0.1, -0.05) is 31.5 Å². The zero-order valence-electron chi connectivity index (χ0n) is 11.0. The second-order valence-electron chi connectivity index (χ2n) is 4.65. The lowest BCUT2D eigenvalue weighted by atomic mass is 10.1. The van der Waals surface area contributed by atoms with Crippen molar-refractivity contribution in [2.45, 2.75) is 33.1 Å². The van der Waals surface area contributed by atoms with E-state index in [1.165, 1.54) is 0 Å². The van der Waals surface area contributed by atoms with E-state index in [0.717, 1.165) is 41.5 Å². The van der Waals surface area contributed by atoms with Crippen molar-refractivity contribution in [3.63, 3.8) is 0 Å². The Balaban J connectivity index is 2.11. The van der Waals surface area contributed by atoms with E-state index in [2.05, 4.69) is 23.3 Å². The molecule has 0 unspecified atom stereocenters. The van der Waals surface area contributed by atoms with Crippen molar-refractivity contribution in [1.29, 1.82) is 0 Å². The van der Waals surface area contributed by atoms with Gasteiger partial charge in [0.2, 0.25) is 5.91 Å². The van der Waals surface area contributed by atoms with Crippen LogP contribution in [0.5, 0.6) is 0 Å². The van der Waals surface area contributed by atoms with Crippen LogP contribution >= 0.6 is 0 Å². The zero-order valence-corrected chi connectivity index (χ0v) is 11.0.